The minimum atomic E-state index is 0.0643. The van der Waals surface area contributed by atoms with E-state index in [9.17, 15) is 4.79 Å². The molecule has 0 saturated carbocycles. The van der Waals surface area contributed by atoms with Gasteiger partial charge in [-0.2, -0.15) is 0 Å². The topological polar surface area (TPSA) is 29.1 Å². The first-order valence-electron chi connectivity index (χ1n) is 4.72. The van der Waals surface area contributed by atoms with E-state index < -0.39 is 0 Å². The molecule has 0 radical (unpaired) electrons. The molecule has 0 fully saturated rings. The van der Waals surface area contributed by atoms with Gasteiger partial charge in [0.2, 0.25) is 0 Å². The molecule has 1 aromatic heterocycles. The first kappa shape index (κ1) is 12.0. The molecule has 0 aliphatic rings. The predicted octanol–water partition coefficient (Wildman–Crippen LogP) is 3.08. The van der Waals surface area contributed by atoms with Gasteiger partial charge in [-0.15, -0.1) is 11.3 Å². The van der Waals surface area contributed by atoms with E-state index in [-0.39, 0.29) is 5.91 Å². The van der Waals surface area contributed by atoms with E-state index in [0.717, 1.165) is 17.8 Å². The molecule has 0 aliphatic heterocycles. The number of thiophene rings is 1. The van der Waals surface area contributed by atoms with Crippen LogP contribution in [0.25, 0.3) is 0 Å². The Morgan fingerprint density at radius 3 is 2.93 bits per heavy atom. The van der Waals surface area contributed by atoms with E-state index >= 15 is 0 Å². The summed E-state index contributed by atoms with van der Waals surface area (Å²) < 4.78 is 1.20. The van der Waals surface area contributed by atoms with Gasteiger partial charge in [0, 0.05) is 6.54 Å². The van der Waals surface area contributed by atoms with Gasteiger partial charge in [-0.3, -0.25) is 4.79 Å². The molecular weight excluding hydrogens is 309 g/mol. The lowest BCUT2D eigenvalue weighted by Gasteiger charge is -2.02. The molecule has 78 valence electrons. The first-order chi connectivity index (χ1) is 6.84. The van der Waals surface area contributed by atoms with E-state index in [1.165, 1.54) is 28.6 Å². The van der Waals surface area contributed by atoms with E-state index in [1.807, 2.05) is 17.5 Å². The quantitative estimate of drug-likeness (QED) is 0.487. The van der Waals surface area contributed by atoms with Crippen molar-refractivity contribution in [1.82, 2.24) is 5.32 Å². The smallest absolute Gasteiger partial charge is 0.261 e. The Morgan fingerprint density at radius 1 is 1.43 bits per heavy atom. The fourth-order valence-corrected chi connectivity index (χ4v) is 2.27. The molecule has 0 atom stereocenters. The van der Waals surface area contributed by atoms with Crippen molar-refractivity contribution in [2.45, 2.75) is 19.3 Å². The fraction of sp³-hybridized carbons (Fsp3) is 0.500. The highest BCUT2D eigenvalue weighted by atomic mass is 127. The zero-order valence-electron chi connectivity index (χ0n) is 7.96. The Bertz CT molecular complexity index is 261. The standard InChI is InChI=1S/C10H14INOS/c11-6-2-1-3-7-12-10(13)9-5-4-8-14-9/h4-5,8H,1-3,6-7H2,(H,12,13). The van der Waals surface area contributed by atoms with Crippen LogP contribution in [-0.2, 0) is 0 Å². The average molecular weight is 323 g/mol. The van der Waals surface area contributed by atoms with Crippen molar-refractivity contribution in [3.8, 4) is 0 Å². The molecular formula is C10H14INOS. The fourth-order valence-electron chi connectivity index (χ4n) is 1.09. The van der Waals surface area contributed by atoms with Crippen molar-refractivity contribution < 1.29 is 4.79 Å². The van der Waals surface area contributed by atoms with Crippen LogP contribution in [0.4, 0.5) is 0 Å². The van der Waals surface area contributed by atoms with Gasteiger partial charge in [-0.05, 0) is 28.7 Å². The molecule has 14 heavy (non-hydrogen) atoms. The third kappa shape index (κ3) is 4.41. The number of carbonyl (C=O) groups excluding carboxylic acids is 1. The van der Waals surface area contributed by atoms with Crippen molar-refractivity contribution in [2.75, 3.05) is 11.0 Å². The van der Waals surface area contributed by atoms with Crippen LogP contribution in [0.3, 0.4) is 0 Å². The van der Waals surface area contributed by atoms with Gasteiger partial charge in [0.1, 0.15) is 0 Å². The second kappa shape index (κ2) is 7.23. The highest BCUT2D eigenvalue weighted by Gasteiger charge is 2.03. The van der Waals surface area contributed by atoms with Crippen LogP contribution in [0.1, 0.15) is 28.9 Å². The molecule has 0 spiro atoms. The molecule has 0 saturated heterocycles. The summed E-state index contributed by atoms with van der Waals surface area (Å²) in [5, 5.41) is 4.83. The summed E-state index contributed by atoms with van der Waals surface area (Å²) >= 11 is 3.86. The molecule has 1 N–H and O–H groups in total. The monoisotopic (exact) mass is 323 g/mol. The van der Waals surface area contributed by atoms with E-state index in [2.05, 4.69) is 27.9 Å². The number of amides is 1. The molecule has 0 aromatic carbocycles. The Kier molecular flexibility index (Phi) is 6.18. The number of carbonyl (C=O) groups is 1. The molecule has 2 nitrogen and oxygen atoms in total. The highest BCUT2D eigenvalue weighted by Crippen LogP contribution is 2.07. The normalized spacial score (nSPS) is 10.1. The summed E-state index contributed by atoms with van der Waals surface area (Å²) in [6, 6.07) is 3.75. The zero-order valence-corrected chi connectivity index (χ0v) is 10.9. The van der Waals surface area contributed by atoms with Gasteiger partial charge in [0.25, 0.3) is 5.91 Å². The van der Waals surface area contributed by atoms with Crippen LogP contribution in [0.15, 0.2) is 17.5 Å². The number of hydrogen-bond acceptors (Lipinski definition) is 2. The van der Waals surface area contributed by atoms with Gasteiger partial charge >= 0.3 is 0 Å². The second-order valence-electron chi connectivity index (χ2n) is 2.98. The molecule has 1 rings (SSSR count). The maximum atomic E-state index is 11.4. The second-order valence-corrected chi connectivity index (χ2v) is 5.01. The van der Waals surface area contributed by atoms with Crippen LogP contribution in [-0.4, -0.2) is 16.9 Å². The number of rotatable bonds is 6. The summed E-state index contributed by atoms with van der Waals surface area (Å²) in [5.41, 5.74) is 0. The van der Waals surface area contributed by atoms with Crippen molar-refractivity contribution in [1.29, 1.82) is 0 Å². The van der Waals surface area contributed by atoms with E-state index in [4.69, 9.17) is 0 Å². The van der Waals surface area contributed by atoms with Crippen molar-refractivity contribution in [3.63, 3.8) is 0 Å². The number of alkyl halides is 1. The van der Waals surface area contributed by atoms with E-state index in [1.54, 1.807) is 0 Å². The minimum Gasteiger partial charge on any atom is -0.351 e. The SMILES string of the molecule is O=C(NCCCCCI)c1cccs1. The van der Waals surface area contributed by atoms with Gasteiger partial charge < -0.3 is 5.32 Å². The molecule has 0 aliphatic carbocycles. The zero-order chi connectivity index (χ0) is 10.2. The predicted molar refractivity (Wildman–Crippen MR) is 69.4 cm³/mol. The van der Waals surface area contributed by atoms with Crippen molar-refractivity contribution >= 4 is 39.8 Å². The summed E-state index contributed by atoms with van der Waals surface area (Å²) in [6.07, 6.45) is 3.53. The van der Waals surface area contributed by atoms with Crippen LogP contribution in [0.2, 0.25) is 0 Å². The lowest BCUT2D eigenvalue weighted by atomic mass is 10.2. The van der Waals surface area contributed by atoms with Crippen molar-refractivity contribution in [2.24, 2.45) is 0 Å². The Balaban J connectivity index is 2.10. The largest absolute Gasteiger partial charge is 0.351 e. The van der Waals surface area contributed by atoms with Crippen LogP contribution >= 0.6 is 33.9 Å². The Hall–Kier alpha value is -0.100. The molecule has 1 heterocycles. The number of unbranched alkanes of at least 4 members (excludes halogenated alkanes) is 2. The summed E-state index contributed by atoms with van der Waals surface area (Å²) in [7, 11) is 0. The number of halogens is 1. The third-order valence-corrected chi connectivity index (χ3v) is 3.47. The molecule has 4 heteroatoms. The van der Waals surface area contributed by atoms with Crippen LogP contribution in [0.5, 0.6) is 0 Å². The van der Waals surface area contributed by atoms with Crippen LogP contribution in [0, 0.1) is 0 Å². The Morgan fingerprint density at radius 2 is 2.29 bits per heavy atom. The highest BCUT2D eigenvalue weighted by molar-refractivity contribution is 14.1. The summed E-state index contributed by atoms with van der Waals surface area (Å²) in [5.74, 6) is 0.0643. The third-order valence-electron chi connectivity index (χ3n) is 1.84. The number of hydrogen-bond donors (Lipinski definition) is 1. The van der Waals surface area contributed by atoms with Gasteiger partial charge in [-0.25, -0.2) is 0 Å². The van der Waals surface area contributed by atoms with Gasteiger partial charge in [-0.1, -0.05) is 35.1 Å². The molecule has 0 bridgehead atoms. The molecule has 1 amide bonds. The summed E-state index contributed by atoms with van der Waals surface area (Å²) in [4.78, 5) is 12.2. The average Bonchev–Trinajstić information content (AvgIpc) is 2.70. The number of nitrogens with one attached hydrogen (secondary N) is 1. The maximum Gasteiger partial charge on any atom is 0.261 e. The minimum absolute atomic E-state index is 0.0643. The first-order valence-corrected chi connectivity index (χ1v) is 7.13. The molecule has 0 unspecified atom stereocenters. The maximum absolute atomic E-state index is 11.4. The Labute approximate surface area is 102 Å². The lowest BCUT2D eigenvalue weighted by molar-refractivity contribution is 0.0957. The van der Waals surface area contributed by atoms with E-state index in [0.29, 0.717) is 0 Å². The van der Waals surface area contributed by atoms with Gasteiger partial charge in [0.15, 0.2) is 0 Å². The summed E-state index contributed by atoms with van der Waals surface area (Å²) in [6.45, 7) is 0.799. The van der Waals surface area contributed by atoms with Crippen LogP contribution < -0.4 is 5.32 Å². The lowest BCUT2D eigenvalue weighted by Crippen LogP contribution is -2.23. The van der Waals surface area contributed by atoms with Gasteiger partial charge in [0.05, 0.1) is 4.88 Å². The molecule has 1 aromatic rings. The van der Waals surface area contributed by atoms with Crippen molar-refractivity contribution in [3.05, 3.63) is 22.4 Å².